The van der Waals surface area contributed by atoms with E-state index in [0.717, 1.165) is 18.4 Å². The maximum Gasteiger partial charge on any atom is 0.229 e. The molecule has 2 aliphatic rings. The molecule has 0 aliphatic carbocycles. The van der Waals surface area contributed by atoms with Gasteiger partial charge < -0.3 is 34.8 Å². The molecular weight excluding hydrogens is 366 g/mol. The fraction of sp³-hybridized carbons (Fsp3) is 0.650. The molecule has 1 aromatic rings. The number of benzene rings is 1. The van der Waals surface area contributed by atoms with Crippen LogP contribution in [0.3, 0.4) is 0 Å². The largest absolute Gasteiger partial charge is 0.462 e. The summed E-state index contributed by atoms with van der Waals surface area (Å²) in [5.74, 6) is 0.961. The molecular formula is C20H29NO7. The van der Waals surface area contributed by atoms with Crippen molar-refractivity contribution in [2.24, 2.45) is 5.92 Å². The molecule has 8 nitrogen and oxygen atoms in total. The molecule has 0 aromatic heterocycles. The maximum absolute atomic E-state index is 12.4. The van der Waals surface area contributed by atoms with Crippen molar-refractivity contribution in [1.29, 1.82) is 0 Å². The van der Waals surface area contributed by atoms with Gasteiger partial charge in [0.2, 0.25) is 12.2 Å². The van der Waals surface area contributed by atoms with Crippen LogP contribution in [0.1, 0.15) is 31.7 Å². The summed E-state index contributed by atoms with van der Waals surface area (Å²) in [4.78, 5) is 14.2. The minimum absolute atomic E-state index is 0.112. The number of aliphatic hydroxyl groups excluding tert-OH is 4. The number of likely N-dealkylation sites (tertiary alicyclic amines) is 1. The van der Waals surface area contributed by atoms with E-state index in [9.17, 15) is 25.2 Å². The monoisotopic (exact) mass is 395 g/mol. The third kappa shape index (κ3) is 4.47. The van der Waals surface area contributed by atoms with Crippen LogP contribution in [0, 0.1) is 5.92 Å². The summed E-state index contributed by atoms with van der Waals surface area (Å²) >= 11 is 0. The first-order chi connectivity index (χ1) is 13.4. The Morgan fingerprint density at radius 3 is 2.61 bits per heavy atom. The molecule has 6 atom stereocenters. The van der Waals surface area contributed by atoms with Gasteiger partial charge in [-0.1, -0.05) is 31.5 Å². The van der Waals surface area contributed by atoms with Gasteiger partial charge in [0.15, 0.2) is 0 Å². The van der Waals surface area contributed by atoms with Gasteiger partial charge in [0.05, 0.1) is 6.61 Å². The Balaban J connectivity index is 1.71. The van der Waals surface area contributed by atoms with Gasteiger partial charge in [-0.05, 0) is 18.4 Å². The minimum Gasteiger partial charge on any atom is -0.462 e. The van der Waals surface area contributed by atoms with Crippen molar-refractivity contribution in [3.8, 4) is 5.75 Å². The molecule has 0 spiro atoms. The van der Waals surface area contributed by atoms with Crippen LogP contribution in [0.4, 0.5) is 0 Å². The average molecular weight is 395 g/mol. The van der Waals surface area contributed by atoms with Crippen molar-refractivity contribution in [2.75, 3.05) is 13.2 Å². The summed E-state index contributed by atoms with van der Waals surface area (Å²) in [7, 11) is 0. The van der Waals surface area contributed by atoms with Crippen LogP contribution in [0.5, 0.6) is 5.75 Å². The van der Waals surface area contributed by atoms with Crippen LogP contribution >= 0.6 is 0 Å². The first-order valence-electron chi connectivity index (χ1n) is 9.77. The van der Waals surface area contributed by atoms with E-state index in [4.69, 9.17) is 9.47 Å². The first-order valence-corrected chi connectivity index (χ1v) is 9.77. The Bertz CT molecular complexity index is 668. The topological polar surface area (TPSA) is 120 Å². The number of para-hydroxylation sites is 1. The van der Waals surface area contributed by atoms with Gasteiger partial charge in [-0.15, -0.1) is 0 Å². The number of ether oxygens (including phenoxy) is 2. The summed E-state index contributed by atoms with van der Waals surface area (Å²) in [6.45, 7) is 2.64. The normalized spacial score (nSPS) is 33.8. The number of piperidine rings is 1. The number of rotatable bonds is 6. The molecule has 4 N–H and O–H groups in total. The third-order valence-electron chi connectivity index (χ3n) is 5.63. The predicted molar refractivity (Wildman–Crippen MR) is 99.3 cm³/mol. The SMILES string of the molecule is CC[C@H]1CCN(Cc2ccccc2O[C@@H]2O[C@H](CO)[C@@H](O)[C@H](O)[C@H]2O)C(=O)C1. The van der Waals surface area contributed by atoms with Crippen LogP contribution in [-0.2, 0) is 16.1 Å². The predicted octanol–water partition coefficient (Wildman–Crippen LogP) is 0.0139. The van der Waals surface area contributed by atoms with Gasteiger partial charge in [0.1, 0.15) is 30.2 Å². The molecule has 2 aliphatic heterocycles. The van der Waals surface area contributed by atoms with Crippen molar-refractivity contribution in [1.82, 2.24) is 4.90 Å². The quantitative estimate of drug-likeness (QED) is 0.536. The number of amides is 1. The van der Waals surface area contributed by atoms with Crippen LogP contribution in [0.25, 0.3) is 0 Å². The standard InChI is InChI=1S/C20H29NO7/c1-2-12-7-8-21(16(23)9-12)10-13-5-3-4-6-14(13)27-20-19(26)18(25)17(24)15(11-22)28-20/h3-6,12,15,17-20,22,24-26H,2,7-11H2,1H3/t12-,15+,17+,18-,19+,20+/m0/s1. The average Bonchev–Trinajstić information content (AvgIpc) is 2.71. The summed E-state index contributed by atoms with van der Waals surface area (Å²) in [5.41, 5.74) is 0.753. The fourth-order valence-electron chi connectivity index (χ4n) is 3.70. The van der Waals surface area contributed by atoms with Crippen molar-refractivity contribution < 1.29 is 34.7 Å². The lowest BCUT2D eigenvalue weighted by Gasteiger charge is -2.40. The molecule has 1 aromatic carbocycles. The Labute approximate surface area is 164 Å². The molecule has 28 heavy (non-hydrogen) atoms. The Hall–Kier alpha value is -1.71. The number of nitrogens with zero attached hydrogens (tertiary/aromatic N) is 1. The highest BCUT2D eigenvalue weighted by Crippen LogP contribution is 2.29. The van der Waals surface area contributed by atoms with Crippen molar-refractivity contribution in [3.63, 3.8) is 0 Å². The van der Waals surface area contributed by atoms with Crippen LogP contribution in [0.2, 0.25) is 0 Å². The zero-order valence-corrected chi connectivity index (χ0v) is 16.0. The number of carbonyl (C=O) groups excluding carboxylic acids is 1. The zero-order valence-electron chi connectivity index (χ0n) is 16.0. The van der Waals surface area contributed by atoms with E-state index in [1.165, 1.54) is 0 Å². The van der Waals surface area contributed by atoms with Crippen molar-refractivity contribution >= 4 is 5.91 Å². The van der Waals surface area contributed by atoms with Gasteiger partial charge in [-0.25, -0.2) is 0 Å². The summed E-state index contributed by atoms with van der Waals surface area (Å²) < 4.78 is 11.2. The molecule has 156 valence electrons. The van der Waals surface area contributed by atoms with E-state index in [1.807, 2.05) is 12.1 Å². The second kappa shape index (κ2) is 9.19. The van der Waals surface area contributed by atoms with E-state index < -0.39 is 37.3 Å². The summed E-state index contributed by atoms with van der Waals surface area (Å²) in [6, 6.07) is 7.12. The minimum atomic E-state index is -1.50. The van der Waals surface area contributed by atoms with Gasteiger partial charge in [-0.2, -0.15) is 0 Å². The molecule has 8 heteroatoms. The summed E-state index contributed by atoms with van der Waals surface area (Å²) in [5, 5.41) is 39.3. The molecule has 2 heterocycles. The Kier molecular flexibility index (Phi) is 6.90. The summed E-state index contributed by atoms with van der Waals surface area (Å²) in [6.07, 6.45) is -4.19. The van der Waals surface area contributed by atoms with Gasteiger partial charge in [0, 0.05) is 25.1 Å². The fourth-order valence-corrected chi connectivity index (χ4v) is 3.70. The van der Waals surface area contributed by atoms with E-state index >= 15 is 0 Å². The molecule has 0 unspecified atom stereocenters. The Morgan fingerprint density at radius 2 is 1.93 bits per heavy atom. The maximum atomic E-state index is 12.4. The molecule has 2 fully saturated rings. The van der Waals surface area contributed by atoms with Crippen LogP contribution in [0.15, 0.2) is 24.3 Å². The van der Waals surface area contributed by atoms with Crippen molar-refractivity contribution in [3.05, 3.63) is 29.8 Å². The van der Waals surface area contributed by atoms with E-state index in [-0.39, 0.29) is 5.91 Å². The van der Waals surface area contributed by atoms with Crippen molar-refractivity contribution in [2.45, 2.75) is 63.4 Å². The highest BCUT2D eigenvalue weighted by molar-refractivity contribution is 5.77. The van der Waals surface area contributed by atoms with E-state index in [2.05, 4.69) is 6.92 Å². The lowest BCUT2D eigenvalue weighted by Crippen LogP contribution is -2.60. The van der Waals surface area contributed by atoms with E-state index in [1.54, 1.807) is 17.0 Å². The lowest BCUT2D eigenvalue weighted by molar-refractivity contribution is -0.277. The molecule has 3 rings (SSSR count). The van der Waals surface area contributed by atoms with Gasteiger partial charge in [0.25, 0.3) is 0 Å². The lowest BCUT2D eigenvalue weighted by atomic mass is 9.93. The highest BCUT2D eigenvalue weighted by atomic mass is 16.7. The molecule has 1 amide bonds. The number of aliphatic hydroxyl groups is 4. The second-order valence-corrected chi connectivity index (χ2v) is 7.51. The first kappa shape index (κ1) is 21.0. The Morgan fingerprint density at radius 1 is 1.18 bits per heavy atom. The van der Waals surface area contributed by atoms with Crippen LogP contribution < -0.4 is 4.74 Å². The molecule has 0 bridgehead atoms. The second-order valence-electron chi connectivity index (χ2n) is 7.51. The number of hydrogen-bond acceptors (Lipinski definition) is 7. The number of carbonyl (C=O) groups is 1. The van der Waals surface area contributed by atoms with Gasteiger partial charge in [-0.3, -0.25) is 4.79 Å². The molecule has 0 saturated carbocycles. The smallest absolute Gasteiger partial charge is 0.229 e. The zero-order chi connectivity index (χ0) is 20.3. The molecule has 0 radical (unpaired) electrons. The van der Waals surface area contributed by atoms with Crippen LogP contribution in [-0.4, -0.2) is 75.1 Å². The number of hydrogen-bond donors (Lipinski definition) is 4. The van der Waals surface area contributed by atoms with E-state index in [0.29, 0.717) is 31.2 Å². The third-order valence-corrected chi connectivity index (χ3v) is 5.63. The van der Waals surface area contributed by atoms with Gasteiger partial charge >= 0.3 is 0 Å². The highest BCUT2D eigenvalue weighted by Gasteiger charge is 2.44. The molecule has 2 saturated heterocycles.